The van der Waals surface area contributed by atoms with Crippen LogP contribution in [0.5, 0.6) is 0 Å². The molecule has 3 rings (SSSR count). The maximum Gasteiger partial charge on any atom is 0.333 e. The Bertz CT molecular complexity index is 994. The summed E-state index contributed by atoms with van der Waals surface area (Å²) in [4.78, 5) is 52.1. The van der Waals surface area contributed by atoms with Crippen molar-refractivity contribution in [1.29, 1.82) is 0 Å². The summed E-state index contributed by atoms with van der Waals surface area (Å²) in [5.74, 6) is -1.77. The van der Waals surface area contributed by atoms with Crippen molar-refractivity contribution >= 4 is 23.8 Å². The molecule has 10 nitrogen and oxygen atoms in total. The van der Waals surface area contributed by atoms with Gasteiger partial charge in [-0.15, -0.1) is 0 Å². The number of rotatable bonds is 10. The van der Waals surface area contributed by atoms with Crippen LogP contribution in [0.4, 0.5) is 0 Å². The van der Waals surface area contributed by atoms with Crippen LogP contribution >= 0.6 is 0 Å². The number of carbonyl (C=O) groups excluding carboxylic acids is 4. The minimum Gasteiger partial charge on any atom is -0.465 e. The second-order valence-electron chi connectivity index (χ2n) is 11.1. The minimum atomic E-state index is -1.08. The quantitative estimate of drug-likeness (QED) is 0.350. The molecule has 1 aromatic rings. The van der Waals surface area contributed by atoms with E-state index in [0.29, 0.717) is 38.8 Å². The molecule has 1 N–H and O–H groups in total. The zero-order chi connectivity index (χ0) is 28.6. The van der Waals surface area contributed by atoms with Crippen LogP contribution in [0.1, 0.15) is 72.3 Å². The topological polar surface area (TPSA) is 114 Å². The van der Waals surface area contributed by atoms with Crippen molar-refractivity contribution in [1.82, 2.24) is 15.3 Å². The average Bonchev–Trinajstić information content (AvgIpc) is 3.04. The second-order valence-corrected chi connectivity index (χ2v) is 11.1. The molecule has 0 aliphatic carbocycles. The summed E-state index contributed by atoms with van der Waals surface area (Å²) in [6.45, 7) is 9.90. The van der Waals surface area contributed by atoms with Crippen LogP contribution in [-0.2, 0) is 39.8 Å². The summed E-state index contributed by atoms with van der Waals surface area (Å²) in [5, 5.41) is 6.65. The van der Waals surface area contributed by atoms with Crippen molar-refractivity contribution < 1.29 is 33.4 Å². The van der Waals surface area contributed by atoms with Gasteiger partial charge >= 0.3 is 17.9 Å². The van der Waals surface area contributed by atoms with Gasteiger partial charge in [-0.2, -0.15) is 0 Å². The first-order chi connectivity index (χ1) is 18.5. The first kappa shape index (κ1) is 30.6. The van der Waals surface area contributed by atoms with Crippen LogP contribution in [-0.4, -0.2) is 77.9 Å². The number of aryl methyl sites for hydroxylation is 1. The molecular weight excluding hydrogens is 502 g/mol. The number of hydrazine groups is 1. The number of benzene rings is 1. The molecule has 0 bridgehead atoms. The van der Waals surface area contributed by atoms with Crippen LogP contribution in [0.3, 0.4) is 0 Å². The molecule has 1 aromatic carbocycles. The third-order valence-corrected chi connectivity index (χ3v) is 6.90. The molecule has 2 saturated heterocycles. The first-order valence-electron chi connectivity index (χ1n) is 14.0. The standard InChI is InChI=1S/C29H43N3O7/c1-6-37-26(34)23(17-16-21-12-8-7-9-13-21)30-22-14-10-18-31-19-11-15-24(32(31)25(22)33)27(35)38-20(2)39-28(36)29(3,4)5/h7-9,12-13,20,22-24,30H,6,10-11,14-19H2,1-5H3/t20?,22?,23-,24-/m0/s1. The predicted molar refractivity (Wildman–Crippen MR) is 144 cm³/mol. The van der Waals surface area contributed by atoms with Crippen LogP contribution in [0, 0.1) is 5.41 Å². The predicted octanol–water partition coefficient (Wildman–Crippen LogP) is 2.99. The number of carbonyl (C=O) groups is 4. The van der Waals surface area contributed by atoms with Gasteiger partial charge in [0.2, 0.25) is 6.29 Å². The Hall–Kier alpha value is -2.98. The van der Waals surface area contributed by atoms with Gasteiger partial charge < -0.3 is 14.2 Å². The lowest BCUT2D eigenvalue weighted by Crippen LogP contribution is -2.62. The first-order valence-corrected chi connectivity index (χ1v) is 14.0. The number of fused-ring (bicyclic) bond motifs is 1. The van der Waals surface area contributed by atoms with Crippen molar-refractivity contribution in [3.05, 3.63) is 35.9 Å². The van der Waals surface area contributed by atoms with E-state index in [1.807, 2.05) is 35.3 Å². The molecule has 1 amide bonds. The van der Waals surface area contributed by atoms with E-state index in [-0.39, 0.29) is 12.5 Å². The van der Waals surface area contributed by atoms with Crippen molar-refractivity contribution in [2.45, 2.75) is 97.6 Å². The van der Waals surface area contributed by atoms with Gasteiger partial charge in [0, 0.05) is 20.0 Å². The maximum absolute atomic E-state index is 13.9. The number of hydrogen-bond donors (Lipinski definition) is 1. The van der Waals surface area contributed by atoms with Gasteiger partial charge in [0.25, 0.3) is 5.91 Å². The van der Waals surface area contributed by atoms with E-state index >= 15 is 0 Å². The zero-order valence-electron chi connectivity index (χ0n) is 23.8. The molecule has 2 aliphatic heterocycles. The Morgan fingerprint density at radius 3 is 2.36 bits per heavy atom. The van der Waals surface area contributed by atoms with Crippen LogP contribution in [0.2, 0.25) is 0 Å². The molecule has 0 radical (unpaired) electrons. The van der Waals surface area contributed by atoms with Crippen molar-refractivity contribution in [2.75, 3.05) is 19.7 Å². The molecule has 39 heavy (non-hydrogen) atoms. The summed E-state index contributed by atoms with van der Waals surface area (Å²) in [6.07, 6.45) is 2.43. The molecule has 10 heteroatoms. The Kier molecular flexibility index (Phi) is 10.9. The van der Waals surface area contributed by atoms with E-state index in [0.717, 1.165) is 18.4 Å². The third kappa shape index (κ3) is 8.50. The summed E-state index contributed by atoms with van der Waals surface area (Å²) in [6, 6.07) is 7.67. The van der Waals surface area contributed by atoms with E-state index < -0.39 is 47.7 Å². The molecule has 216 valence electrons. The molecule has 0 spiro atoms. The van der Waals surface area contributed by atoms with Crippen molar-refractivity contribution in [3.63, 3.8) is 0 Å². The lowest BCUT2D eigenvalue weighted by molar-refractivity contribution is -0.202. The largest absolute Gasteiger partial charge is 0.465 e. The van der Waals surface area contributed by atoms with E-state index in [1.165, 1.54) is 11.9 Å². The van der Waals surface area contributed by atoms with Crippen LogP contribution < -0.4 is 5.32 Å². The number of ether oxygens (including phenoxy) is 3. The van der Waals surface area contributed by atoms with Gasteiger partial charge in [-0.1, -0.05) is 30.3 Å². The number of nitrogens with zero attached hydrogens (tertiary/aromatic N) is 2. The summed E-state index contributed by atoms with van der Waals surface area (Å²) in [5.41, 5.74) is 0.352. The highest BCUT2D eigenvalue weighted by Crippen LogP contribution is 2.26. The summed E-state index contributed by atoms with van der Waals surface area (Å²) >= 11 is 0. The maximum atomic E-state index is 13.9. The number of nitrogens with one attached hydrogen (secondary N) is 1. The molecular formula is C29H43N3O7. The monoisotopic (exact) mass is 545 g/mol. The van der Waals surface area contributed by atoms with Gasteiger partial charge in [-0.25, -0.2) is 9.80 Å². The molecule has 0 aromatic heterocycles. The SMILES string of the molecule is CCOC(=O)[C@H](CCc1ccccc1)NC1CCCN2CCC[C@@H](C(=O)OC(C)OC(=O)C(C)(C)C)N2C1=O. The van der Waals surface area contributed by atoms with Gasteiger partial charge in [-0.05, 0) is 71.8 Å². The lowest BCUT2D eigenvalue weighted by Gasteiger charge is -2.43. The summed E-state index contributed by atoms with van der Waals surface area (Å²) in [7, 11) is 0. The lowest BCUT2D eigenvalue weighted by atomic mass is 9.97. The smallest absolute Gasteiger partial charge is 0.333 e. The highest BCUT2D eigenvalue weighted by atomic mass is 16.7. The second kappa shape index (κ2) is 13.9. The van der Waals surface area contributed by atoms with Crippen LogP contribution in [0.25, 0.3) is 0 Å². The van der Waals surface area contributed by atoms with Crippen molar-refractivity contribution in [2.24, 2.45) is 5.41 Å². The van der Waals surface area contributed by atoms with Gasteiger partial charge in [0.05, 0.1) is 18.1 Å². The van der Waals surface area contributed by atoms with E-state index in [9.17, 15) is 19.2 Å². The van der Waals surface area contributed by atoms with Crippen molar-refractivity contribution in [3.8, 4) is 0 Å². The van der Waals surface area contributed by atoms with Gasteiger partial charge in [-0.3, -0.25) is 24.7 Å². The number of esters is 3. The molecule has 2 aliphatic rings. The fourth-order valence-corrected chi connectivity index (χ4v) is 4.84. The third-order valence-electron chi connectivity index (χ3n) is 6.90. The van der Waals surface area contributed by atoms with E-state index in [2.05, 4.69) is 5.32 Å². The molecule has 2 fully saturated rings. The van der Waals surface area contributed by atoms with Crippen LogP contribution in [0.15, 0.2) is 30.3 Å². The fourth-order valence-electron chi connectivity index (χ4n) is 4.84. The Labute approximate surface area is 231 Å². The molecule has 2 unspecified atom stereocenters. The van der Waals surface area contributed by atoms with E-state index in [1.54, 1.807) is 27.7 Å². The van der Waals surface area contributed by atoms with E-state index in [4.69, 9.17) is 14.2 Å². The highest BCUT2D eigenvalue weighted by Gasteiger charge is 2.43. The Morgan fingerprint density at radius 1 is 1.05 bits per heavy atom. The minimum absolute atomic E-state index is 0.243. The number of amides is 1. The van der Waals surface area contributed by atoms with Gasteiger partial charge in [0.15, 0.2) is 0 Å². The Balaban J connectivity index is 1.72. The Morgan fingerprint density at radius 2 is 1.72 bits per heavy atom. The zero-order valence-corrected chi connectivity index (χ0v) is 23.8. The molecule has 2 heterocycles. The van der Waals surface area contributed by atoms with Gasteiger partial charge in [0.1, 0.15) is 12.1 Å². The number of hydrogen-bond acceptors (Lipinski definition) is 9. The highest BCUT2D eigenvalue weighted by molar-refractivity contribution is 5.88. The molecule has 0 saturated carbocycles. The molecule has 4 atom stereocenters. The summed E-state index contributed by atoms with van der Waals surface area (Å²) < 4.78 is 16.1. The fraction of sp³-hybridized carbons (Fsp3) is 0.655. The normalized spacial score (nSPS) is 21.8. The average molecular weight is 546 g/mol.